The van der Waals surface area contributed by atoms with Crippen LogP contribution in [0, 0.1) is 0 Å². The fraction of sp³-hybridized carbons (Fsp3) is 0.0769. The van der Waals surface area contributed by atoms with Gasteiger partial charge in [0.1, 0.15) is 10.8 Å². The number of hydrogen-bond acceptors (Lipinski definition) is 3. The quantitative estimate of drug-likeness (QED) is 0.809. The maximum Gasteiger partial charge on any atom is 0.126 e. The normalized spacial score (nSPS) is 9.88. The topological polar surface area (TPSA) is 50.9 Å². The van der Waals surface area contributed by atoms with Gasteiger partial charge in [0.25, 0.3) is 0 Å². The van der Waals surface area contributed by atoms with Gasteiger partial charge in [0.05, 0.1) is 0 Å². The number of pyridine rings is 1. The first-order chi connectivity index (χ1) is 8.25. The Labute approximate surface area is 106 Å². The van der Waals surface area contributed by atoms with Crippen molar-refractivity contribution in [2.75, 3.05) is 5.32 Å². The smallest absolute Gasteiger partial charge is 0.126 e. The molecule has 0 aliphatic carbocycles. The van der Waals surface area contributed by atoms with Crippen molar-refractivity contribution in [3.63, 3.8) is 0 Å². The molecule has 0 spiro atoms. The zero-order chi connectivity index (χ0) is 12.1. The van der Waals surface area contributed by atoms with Gasteiger partial charge < -0.3 is 11.1 Å². The summed E-state index contributed by atoms with van der Waals surface area (Å²) in [5.41, 5.74) is 7.50. The van der Waals surface area contributed by atoms with Crippen LogP contribution in [-0.2, 0) is 6.54 Å². The molecule has 0 aliphatic rings. The summed E-state index contributed by atoms with van der Waals surface area (Å²) in [6.45, 7) is 0.750. The van der Waals surface area contributed by atoms with Gasteiger partial charge in [0.2, 0.25) is 0 Å². The van der Waals surface area contributed by atoms with Crippen LogP contribution in [0.2, 0.25) is 0 Å². The monoisotopic (exact) mass is 243 g/mol. The lowest BCUT2D eigenvalue weighted by Gasteiger charge is -2.06. The Morgan fingerprint density at radius 3 is 2.53 bits per heavy atom. The van der Waals surface area contributed by atoms with Crippen molar-refractivity contribution in [3.05, 3.63) is 59.8 Å². The second kappa shape index (κ2) is 5.41. The van der Waals surface area contributed by atoms with Crippen LogP contribution in [0.15, 0.2) is 48.7 Å². The molecule has 0 atom stereocenters. The predicted molar refractivity (Wildman–Crippen MR) is 73.9 cm³/mol. The lowest BCUT2D eigenvalue weighted by molar-refractivity contribution is 1.11. The first-order valence-electron chi connectivity index (χ1n) is 5.29. The van der Waals surface area contributed by atoms with Crippen molar-refractivity contribution >= 4 is 23.0 Å². The van der Waals surface area contributed by atoms with E-state index in [2.05, 4.69) is 22.4 Å². The Hall–Kier alpha value is -1.94. The molecule has 1 aromatic carbocycles. The Balaban J connectivity index is 1.98. The van der Waals surface area contributed by atoms with E-state index in [1.54, 1.807) is 6.20 Å². The Morgan fingerprint density at radius 2 is 1.94 bits per heavy atom. The van der Waals surface area contributed by atoms with E-state index in [-0.39, 0.29) is 0 Å². The van der Waals surface area contributed by atoms with Crippen LogP contribution in [0.25, 0.3) is 0 Å². The Bertz CT molecular complexity index is 494. The van der Waals surface area contributed by atoms with Crippen LogP contribution in [-0.4, -0.2) is 9.97 Å². The molecule has 0 bridgehead atoms. The molecule has 2 aromatic rings. The molecule has 3 nitrogen and oxygen atoms in total. The van der Waals surface area contributed by atoms with E-state index in [4.69, 9.17) is 18.0 Å². The van der Waals surface area contributed by atoms with Gasteiger partial charge in [-0.25, -0.2) is 4.98 Å². The van der Waals surface area contributed by atoms with Crippen LogP contribution in [0.4, 0.5) is 5.82 Å². The number of nitrogens with two attached hydrogens (primary N) is 1. The number of aromatic nitrogens is 1. The molecule has 4 heteroatoms. The van der Waals surface area contributed by atoms with Gasteiger partial charge in [-0.3, -0.25) is 0 Å². The molecule has 3 N–H and O–H groups in total. The molecule has 0 fully saturated rings. The molecule has 0 unspecified atom stereocenters. The number of benzene rings is 1. The van der Waals surface area contributed by atoms with Gasteiger partial charge in [-0.2, -0.15) is 0 Å². The third-order valence-corrected chi connectivity index (χ3v) is 2.60. The highest BCUT2D eigenvalue weighted by Gasteiger charge is 1.98. The highest BCUT2D eigenvalue weighted by molar-refractivity contribution is 7.80. The summed E-state index contributed by atoms with van der Waals surface area (Å²) >= 11 is 4.86. The third-order valence-electron chi connectivity index (χ3n) is 2.36. The molecule has 1 heterocycles. The van der Waals surface area contributed by atoms with Crippen LogP contribution >= 0.6 is 12.2 Å². The molecule has 0 radical (unpaired) electrons. The number of anilines is 1. The van der Waals surface area contributed by atoms with Gasteiger partial charge in [-0.05, 0) is 17.7 Å². The average Bonchev–Trinajstić information content (AvgIpc) is 2.38. The number of hydrogen-bond donors (Lipinski definition) is 2. The van der Waals surface area contributed by atoms with Gasteiger partial charge in [-0.15, -0.1) is 0 Å². The summed E-state index contributed by atoms with van der Waals surface area (Å²) < 4.78 is 0. The van der Waals surface area contributed by atoms with E-state index in [0.29, 0.717) is 4.99 Å². The molecule has 0 saturated heterocycles. The summed E-state index contributed by atoms with van der Waals surface area (Å²) in [7, 11) is 0. The Morgan fingerprint density at radius 1 is 1.18 bits per heavy atom. The summed E-state index contributed by atoms with van der Waals surface area (Å²) in [5, 5.41) is 3.23. The molecule has 0 saturated carbocycles. The van der Waals surface area contributed by atoms with Crippen molar-refractivity contribution in [1.29, 1.82) is 0 Å². The summed E-state index contributed by atoms with van der Waals surface area (Å²) in [5.74, 6) is 0.814. The largest absolute Gasteiger partial charge is 0.389 e. The fourth-order valence-corrected chi connectivity index (χ4v) is 1.55. The van der Waals surface area contributed by atoms with E-state index >= 15 is 0 Å². The van der Waals surface area contributed by atoms with Gasteiger partial charge in [-0.1, -0.05) is 42.5 Å². The first kappa shape index (κ1) is 11.5. The molecule has 1 aromatic heterocycles. The van der Waals surface area contributed by atoms with Crippen molar-refractivity contribution < 1.29 is 0 Å². The molecular formula is C13H13N3S. The van der Waals surface area contributed by atoms with Gasteiger partial charge in [0, 0.05) is 18.3 Å². The molecule has 2 rings (SSSR count). The molecule has 0 amide bonds. The maximum atomic E-state index is 5.50. The fourth-order valence-electron chi connectivity index (χ4n) is 1.43. The number of rotatable bonds is 4. The Kier molecular flexibility index (Phi) is 3.67. The predicted octanol–water partition coefficient (Wildman–Crippen LogP) is 2.33. The lowest BCUT2D eigenvalue weighted by Crippen LogP contribution is -2.10. The van der Waals surface area contributed by atoms with E-state index in [1.807, 2.05) is 30.3 Å². The lowest BCUT2D eigenvalue weighted by atomic mass is 10.2. The van der Waals surface area contributed by atoms with E-state index in [1.165, 1.54) is 5.56 Å². The number of nitrogens with one attached hydrogen (secondary N) is 1. The van der Waals surface area contributed by atoms with Gasteiger partial charge in [0.15, 0.2) is 0 Å². The summed E-state index contributed by atoms with van der Waals surface area (Å²) in [4.78, 5) is 4.60. The minimum atomic E-state index is 0.368. The van der Waals surface area contributed by atoms with Crippen molar-refractivity contribution in [3.8, 4) is 0 Å². The third kappa shape index (κ3) is 3.26. The van der Waals surface area contributed by atoms with E-state index < -0.39 is 0 Å². The summed E-state index contributed by atoms with van der Waals surface area (Å²) in [6, 6.07) is 13.9. The summed E-state index contributed by atoms with van der Waals surface area (Å²) in [6.07, 6.45) is 1.68. The number of nitrogens with zero attached hydrogens (tertiary/aromatic N) is 1. The average molecular weight is 243 g/mol. The van der Waals surface area contributed by atoms with Gasteiger partial charge >= 0.3 is 0 Å². The van der Waals surface area contributed by atoms with Crippen LogP contribution in [0.1, 0.15) is 11.1 Å². The second-order valence-corrected chi connectivity index (χ2v) is 4.08. The van der Waals surface area contributed by atoms with Crippen molar-refractivity contribution in [2.45, 2.75) is 6.54 Å². The second-order valence-electron chi connectivity index (χ2n) is 3.64. The van der Waals surface area contributed by atoms with Crippen LogP contribution in [0.3, 0.4) is 0 Å². The molecular weight excluding hydrogens is 230 g/mol. The minimum absolute atomic E-state index is 0.368. The zero-order valence-electron chi connectivity index (χ0n) is 9.26. The molecule has 0 aliphatic heterocycles. The highest BCUT2D eigenvalue weighted by atomic mass is 32.1. The molecule has 86 valence electrons. The van der Waals surface area contributed by atoms with Crippen molar-refractivity contribution in [2.24, 2.45) is 5.73 Å². The van der Waals surface area contributed by atoms with Crippen molar-refractivity contribution in [1.82, 2.24) is 4.98 Å². The van der Waals surface area contributed by atoms with E-state index in [9.17, 15) is 0 Å². The van der Waals surface area contributed by atoms with E-state index in [0.717, 1.165) is 17.9 Å². The first-order valence-corrected chi connectivity index (χ1v) is 5.70. The highest BCUT2D eigenvalue weighted by Crippen LogP contribution is 2.07. The SMILES string of the molecule is NC(=S)c1ccc(NCc2ccccc2)nc1. The molecule has 17 heavy (non-hydrogen) atoms. The van der Waals surface area contributed by atoms with Crippen LogP contribution in [0.5, 0.6) is 0 Å². The standard InChI is InChI=1S/C13H13N3S/c14-13(17)11-6-7-12(16-9-11)15-8-10-4-2-1-3-5-10/h1-7,9H,8H2,(H2,14,17)(H,15,16). The maximum absolute atomic E-state index is 5.50. The minimum Gasteiger partial charge on any atom is -0.389 e. The van der Waals surface area contributed by atoms with Crippen LogP contribution < -0.4 is 11.1 Å². The zero-order valence-corrected chi connectivity index (χ0v) is 10.1. The number of thiocarbonyl (C=S) groups is 1.